The summed E-state index contributed by atoms with van der Waals surface area (Å²) in [5, 5.41) is 0.751. The molecular weight excluding hydrogens is 254 g/mol. The van der Waals surface area contributed by atoms with Crippen molar-refractivity contribution >= 4 is 24.1 Å². The van der Waals surface area contributed by atoms with Crippen molar-refractivity contribution in [2.45, 2.75) is 83.2 Å². The predicted molar refractivity (Wildman–Crippen MR) is 89.6 cm³/mol. The molecule has 0 amide bonds. The molecule has 0 aromatic heterocycles. The molecule has 0 bridgehead atoms. The molecule has 1 fully saturated rings. The summed E-state index contributed by atoms with van der Waals surface area (Å²) in [7, 11) is -1.03. The summed E-state index contributed by atoms with van der Waals surface area (Å²) in [4.78, 5) is 4.96. The van der Waals surface area contributed by atoms with E-state index in [9.17, 15) is 0 Å². The van der Waals surface area contributed by atoms with Crippen LogP contribution in [0.3, 0.4) is 0 Å². The second-order valence-electron chi connectivity index (χ2n) is 6.40. The van der Waals surface area contributed by atoms with Crippen LogP contribution in [0.15, 0.2) is 4.99 Å². The lowest BCUT2D eigenvalue weighted by atomic mass is 10.1. The van der Waals surface area contributed by atoms with Gasteiger partial charge < -0.3 is 0 Å². The van der Waals surface area contributed by atoms with Crippen molar-refractivity contribution in [2.75, 3.05) is 6.54 Å². The Morgan fingerprint density at radius 1 is 1.17 bits per heavy atom. The minimum Gasteiger partial charge on any atom is -0.293 e. The van der Waals surface area contributed by atoms with E-state index >= 15 is 0 Å². The molecule has 0 aromatic carbocycles. The molecule has 1 aliphatic carbocycles. The lowest BCUT2D eigenvalue weighted by molar-refractivity contribution is 0.706. The molecule has 1 atom stereocenters. The zero-order valence-electron chi connectivity index (χ0n) is 12.8. The van der Waals surface area contributed by atoms with Crippen molar-refractivity contribution in [2.24, 2.45) is 4.99 Å². The summed E-state index contributed by atoms with van der Waals surface area (Å²) in [5.41, 5.74) is 1.55. The van der Waals surface area contributed by atoms with Crippen LogP contribution in [0.2, 0.25) is 19.6 Å². The van der Waals surface area contributed by atoms with E-state index in [1.807, 2.05) is 0 Å². The summed E-state index contributed by atoms with van der Waals surface area (Å²) in [5.74, 6) is 0. The van der Waals surface area contributed by atoms with Gasteiger partial charge >= 0.3 is 0 Å². The van der Waals surface area contributed by atoms with E-state index in [0.29, 0.717) is 0 Å². The quantitative estimate of drug-likeness (QED) is 0.356. The van der Waals surface area contributed by atoms with Crippen LogP contribution in [-0.4, -0.2) is 24.7 Å². The van der Waals surface area contributed by atoms with Crippen LogP contribution in [-0.2, 0) is 0 Å². The molecule has 1 saturated carbocycles. The van der Waals surface area contributed by atoms with Crippen LogP contribution in [0.4, 0.5) is 0 Å². The molecule has 1 nitrogen and oxygen atoms in total. The van der Waals surface area contributed by atoms with Crippen molar-refractivity contribution in [3.05, 3.63) is 0 Å². The summed E-state index contributed by atoms with van der Waals surface area (Å²) < 4.78 is 0. The van der Waals surface area contributed by atoms with Crippen LogP contribution in [0.25, 0.3) is 0 Å². The Labute approximate surface area is 119 Å². The Kier molecular flexibility index (Phi) is 7.62. The fraction of sp³-hybridized carbons (Fsp3) is 0.933. The van der Waals surface area contributed by atoms with Crippen LogP contribution >= 0.6 is 11.2 Å². The standard InChI is InChI=1S/C15H31NSSi/c1-5-6-10-13-16-14-11-8-7-9-12-15(14)17-18(2,3)4/h15H,5-13H2,1-4H3. The Balaban J connectivity index is 2.56. The molecule has 0 heterocycles. The lowest BCUT2D eigenvalue weighted by Crippen LogP contribution is -2.26. The smallest absolute Gasteiger partial charge is 0.109 e. The van der Waals surface area contributed by atoms with E-state index in [1.165, 1.54) is 51.4 Å². The summed E-state index contributed by atoms with van der Waals surface area (Å²) >= 11 is 2.27. The van der Waals surface area contributed by atoms with E-state index in [2.05, 4.69) is 37.8 Å². The van der Waals surface area contributed by atoms with Gasteiger partial charge in [-0.2, -0.15) is 11.2 Å². The third-order valence-electron chi connectivity index (χ3n) is 3.34. The zero-order chi connectivity index (χ0) is 13.4. The fourth-order valence-corrected chi connectivity index (χ4v) is 7.25. The summed E-state index contributed by atoms with van der Waals surface area (Å²) in [6, 6.07) is 0. The van der Waals surface area contributed by atoms with Crippen molar-refractivity contribution < 1.29 is 0 Å². The highest BCUT2D eigenvalue weighted by Crippen LogP contribution is 2.32. The molecule has 1 aliphatic rings. The third kappa shape index (κ3) is 6.98. The zero-order valence-corrected chi connectivity index (χ0v) is 14.6. The SMILES string of the molecule is CCCCCN=C1CCCCCC1S[Si](C)(C)C. The topological polar surface area (TPSA) is 12.4 Å². The fourth-order valence-electron chi connectivity index (χ4n) is 2.46. The molecule has 0 N–H and O–H groups in total. The summed E-state index contributed by atoms with van der Waals surface area (Å²) in [6.45, 7) is 10.8. The molecule has 106 valence electrons. The Bertz CT molecular complexity index is 258. The number of rotatable bonds is 6. The second-order valence-corrected chi connectivity index (χ2v) is 15.8. The van der Waals surface area contributed by atoms with E-state index in [0.717, 1.165) is 11.8 Å². The molecule has 0 aliphatic heterocycles. The second kappa shape index (κ2) is 8.42. The number of nitrogens with zero attached hydrogens (tertiary/aromatic N) is 1. The number of aliphatic imine (C=N–C) groups is 1. The van der Waals surface area contributed by atoms with Gasteiger partial charge in [0.15, 0.2) is 0 Å². The molecule has 1 rings (SSSR count). The molecule has 0 radical (unpaired) electrons. The Morgan fingerprint density at radius 3 is 2.61 bits per heavy atom. The first-order valence-electron chi connectivity index (χ1n) is 7.74. The van der Waals surface area contributed by atoms with Gasteiger partial charge in [-0.05, 0) is 25.7 Å². The molecule has 0 saturated heterocycles. The van der Waals surface area contributed by atoms with E-state index in [-0.39, 0.29) is 0 Å². The lowest BCUT2D eigenvalue weighted by Gasteiger charge is -2.24. The molecular formula is C15H31NSSi. The van der Waals surface area contributed by atoms with E-state index in [1.54, 1.807) is 5.71 Å². The first kappa shape index (κ1) is 16.3. The van der Waals surface area contributed by atoms with Gasteiger partial charge in [-0.15, -0.1) is 0 Å². The van der Waals surface area contributed by atoms with Gasteiger partial charge in [-0.25, -0.2) is 0 Å². The monoisotopic (exact) mass is 285 g/mol. The van der Waals surface area contributed by atoms with Gasteiger partial charge in [-0.3, -0.25) is 4.99 Å². The van der Waals surface area contributed by atoms with E-state index in [4.69, 9.17) is 4.99 Å². The van der Waals surface area contributed by atoms with Crippen LogP contribution in [0, 0.1) is 0 Å². The normalized spacial score (nSPS) is 24.2. The van der Waals surface area contributed by atoms with Crippen molar-refractivity contribution in [1.82, 2.24) is 0 Å². The first-order chi connectivity index (χ1) is 8.53. The summed E-state index contributed by atoms with van der Waals surface area (Å²) in [6.07, 6.45) is 10.8. The number of hydrogen-bond acceptors (Lipinski definition) is 2. The largest absolute Gasteiger partial charge is 0.293 e. The molecule has 18 heavy (non-hydrogen) atoms. The highest BCUT2D eigenvalue weighted by atomic mass is 32.4. The van der Waals surface area contributed by atoms with Crippen molar-refractivity contribution in [3.63, 3.8) is 0 Å². The average molecular weight is 286 g/mol. The van der Waals surface area contributed by atoms with Crippen LogP contribution in [0.1, 0.15) is 58.3 Å². The number of hydrogen-bond donors (Lipinski definition) is 0. The van der Waals surface area contributed by atoms with Crippen molar-refractivity contribution in [1.29, 1.82) is 0 Å². The molecule has 0 aromatic rings. The predicted octanol–water partition coefficient (Wildman–Crippen LogP) is 5.52. The van der Waals surface area contributed by atoms with Gasteiger partial charge in [-0.1, -0.05) is 52.2 Å². The van der Waals surface area contributed by atoms with Crippen LogP contribution in [0.5, 0.6) is 0 Å². The molecule has 0 spiro atoms. The Morgan fingerprint density at radius 2 is 1.94 bits per heavy atom. The van der Waals surface area contributed by atoms with E-state index < -0.39 is 7.22 Å². The first-order valence-corrected chi connectivity index (χ1v) is 12.8. The van der Waals surface area contributed by atoms with Gasteiger partial charge in [0.05, 0.1) is 0 Å². The van der Waals surface area contributed by atoms with Crippen molar-refractivity contribution in [3.8, 4) is 0 Å². The maximum atomic E-state index is 4.96. The highest BCUT2D eigenvalue weighted by Gasteiger charge is 2.25. The number of unbranched alkanes of at least 4 members (excludes halogenated alkanes) is 2. The third-order valence-corrected chi connectivity index (χ3v) is 7.82. The Hall–Kier alpha value is 0.237. The molecule has 1 unspecified atom stereocenters. The highest BCUT2D eigenvalue weighted by molar-refractivity contribution is 8.29. The van der Waals surface area contributed by atoms with Gasteiger partial charge in [0.2, 0.25) is 0 Å². The van der Waals surface area contributed by atoms with Gasteiger partial charge in [0.1, 0.15) is 7.22 Å². The van der Waals surface area contributed by atoms with Crippen LogP contribution < -0.4 is 0 Å². The minimum absolute atomic E-state index is 0.751. The molecule has 3 heteroatoms. The minimum atomic E-state index is -1.03. The average Bonchev–Trinajstić information content (AvgIpc) is 2.48. The maximum Gasteiger partial charge on any atom is 0.109 e. The van der Waals surface area contributed by atoms with Gasteiger partial charge in [0, 0.05) is 17.5 Å². The maximum absolute atomic E-state index is 4.96. The van der Waals surface area contributed by atoms with Gasteiger partial charge in [0.25, 0.3) is 0 Å².